The summed E-state index contributed by atoms with van der Waals surface area (Å²) in [6.45, 7) is 10.4. The monoisotopic (exact) mass is 261 g/mol. The van der Waals surface area contributed by atoms with Gasteiger partial charge in [0.05, 0.1) is 12.0 Å². The zero-order chi connectivity index (χ0) is 14.3. The summed E-state index contributed by atoms with van der Waals surface area (Å²) in [5.41, 5.74) is 0. The molecule has 0 radical (unpaired) electrons. The van der Waals surface area contributed by atoms with Crippen LogP contribution in [0.25, 0.3) is 0 Å². The molecule has 104 valence electrons. The van der Waals surface area contributed by atoms with Crippen LogP contribution >= 0.6 is 0 Å². The lowest BCUT2D eigenvalue weighted by atomic mass is 10.2. The van der Waals surface area contributed by atoms with Crippen molar-refractivity contribution < 1.29 is 0 Å². The van der Waals surface area contributed by atoms with Gasteiger partial charge in [-0.1, -0.05) is 6.92 Å². The van der Waals surface area contributed by atoms with Gasteiger partial charge >= 0.3 is 0 Å². The van der Waals surface area contributed by atoms with E-state index in [4.69, 9.17) is 5.26 Å². The second kappa shape index (κ2) is 7.57. The summed E-state index contributed by atoms with van der Waals surface area (Å²) in [7, 11) is 0. The second-order valence-electron chi connectivity index (χ2n) is 4.65. The van der Waals surface area contributed by atoms with Crippen LogP contribution in [0, 0.1) is 24.2 Å². The molecule has 0 aliphatic rings. The van der Waals surface area contributed by atoms with Crippen molar-refractivity contribution in [3.63, 3.8) is 0 Å². The van der Waals surface area contributed by atoms with Crippen LogP contribution in [-0.2, 0) is 0 Å². The number of hydrogen-bond donors (Lipinski definition) is 1. The van der Waals surface area contributed by atoms with Crippen molar-refractivity contribution in [3.8, 4) is 6.07 Å². The molecule has 0 fully saturated rings. The lowest BCUT2D eigenvalue weighted by molar-refractivity contribution is 0.677. The third-order valence-electron chi connectivity index (χ3n) is 2.80. The van der Waals surface area contributed by atoms with E-state index in [-0.39, 0.29) is 5.92 Å². The molecule has 1 rings (SSSR count). The van der Waals surface area contributed by atoms with Gasteiger partial charge in [0.2, 0.25) is 0 Å². The lowest BCUT2D eigenvalue weighted by Gasteiger charge is -2.23. The van der Waals surface area contributed by atoms with Crippen molar-refractivity contribution in [2.24, 2.45) is 5.92 Å². The molecule has 19 heavy (non-hydrogen) atoms. The number of nitrogens with one attached hydrogen (secondary N) is 1. The fourth-order valence-electron chi connectivity index (χ4n) is 1.81. The third kappa shape index (κ3) is 4.74. The summed E-state index contributed by atoms with van der Waals surface area (Å²) < 4.78 is 0. The SMILES string of the molecule is CCCNc1cc(N(CC)CC(C)C#N)nc(C)n1. The predicted molar refractivity (Wildman–Crippen MR) is 78.2 cm³/mol. The van der Waals surface area contributed by atoms with Crippen molar-refractivity contribution >= 4 is 11.6 Å². The highest BCUT2D eigenvalue weighted by atomic mass is 15.2. The maximum atomic E-state index is 8.93. The van der Waals surface area contributed by atoms with Crippen LogP contribution in [0.2, 0.25) is 0 Å². The number of hydrogen-bond acceptors (Lipinski definition) is 5. The molecular weight excluding hydrogens is 238 g/mol. The third-order valence-corrected chi connectivity index (χ3v) is 2.80. The first-order valence-electron chi connectivity index (χ1n) is 6.84. The molecule has 0 aliphatic carbocycles. The van der Waals surface area contributed by atoms with Crippen molar-refractivity contribution in [3.05, 3.63) is 11.9 Å². The largest absolute Gasteiger partial charge is 0.370 e. The fourth-order valence-corrected chi connectivity index (χ4v) is 1.81. The Labute approximate surface area is 115 Å². The van der Waals surface area contributed by atoms with Gasteiger partial charge in [-0.2, -0.15) is 5.26 Å². The molecule has 1 aromatic heterocycles. The number of rotatable bonds is 7. The van der Waals surface area contributed by atoms with Gasteiger partial charge in [-0.15, -0.1) is 0 Å². The molecule has 5 nitrogen and oxygen atoms in total. The summed E-state index contributed by atoms with van der Waals surface area (Å²) in [4.78, 5) is 11.0. The van der Waals surface area contributed by atoms with E-state index in [9.17, 15) is 0 Å². The van der Waals surface area contributed by atoms with E-state index in [0.29, 0.717) is 6.54 Å². The molecule has 1 unspecified atom stereocenters. The van der Waals surface area contributed by atoms with E-state index in [1.54, 1.807) is 0 Å². The van der Waals surface area contributed by atoms with Crippen LogP contribution < -0.4 is 10.2 Å². The maximum Gasteiger partial charge on any atom is 0.134 e. The first-order valence-corrected chi connectivity index (χ1v) is 6.84. The van der Waals surface area contributed by atoms with Gasteiger partial charge in [0.25, 0.3) is 0 Å². The summed E-state index contributed by atoms with van der Waals surface area (Å²) in [6, 6.07) is 4.22. The summed E-state index contributed by atoms with van der Waals surface area (Å²) >= 11 is 0. The van der Waals surface area contributed by atoms with E-state index < -0.39 is 0 Å². The van der Waals surface area contributed by atoms with Gasteiger partial charge in [-0.05, 0) is 27.2 Å². The van der Waals surface area contributed by atoms with Gasteiger partial charge in [0, 0.05) is 25.7 Å². The summed E-state index contributed by atoms with van der Waals surface area (Å²) in [5, 5.41) is 12.2. The molecule has 1 atom stereocenters. The maximum absolute atomic E-state index is 8.93. The topological polar surface area (TPSA) is 64.8 Å². The Hall–Kier alpha value is -1.83. The van der Waals surface area contributed by atoms with Gasteiger partial charge in [-0.3, -0.25) is 0 Å². The Morgan fingerprint density at radius 3 is 2.74 bits per heavy atom. The Morgan fingerprint density at radius 1 is 1.42 bits per heavy atom. The summed E-state index contributed by atoms with van der Waals surface area (Å²) in [5.74, 6) is 2.48. The molecule has 0 aromatic carbocycles. The van der Waals surface area contributed by atoms with Crippen molar-refractivity contribution in [2.75, 3.05) is 29.9 Å². The van der Waals surface area contributed by atoms with Crippen LogP contribution in [0.5, 0.6) is 0 Å². The molecule has 0 saturated heterocycles. The Kier molecular flexibility index (Phi) is 6.07. The quantitative estimate of drug-likeness (QED) is 0.817. The van der Waals surface area contributed by atoms with Crippen molar-refractivity contribution in [2.45, 2.75) is 34.1 Å². The number of nitrogens with zero attached hydrogens (tertiary/aromatic N) is 4. The summed E-state index contributed by atoms with van der Waals surface area (Å²) in [6.07, 6.45) is 1.06. The molecule has 0 aliphatic heterocycles. The normalized spacial score (nSPS) is 11.7. The first-order chi connectivity index (χ1) is 9.10. The van der Waals surface area contributed by atoms with Crippen LogP contribution in [0.3, 0.4) is 0 Å². The van der Waals surface area contributed by atoms with Crippen LogP contribution in [-0.4, -0.2) is 29.6 Å². The second-order valence-corrected chi connectivity index (χ2v) is 4.65. The lowest BCUT2D eigenvalue weighted by Crippen LogP contribution is -2.29. The van der Waals surface area contributed by atoms with E-state index in [1.807, 2.05) is 19.9 Å². The molecule has 1 aromatic rings. The molecular formula is C14H23N5. The van der Waals surface area contributed by atoms with E-state index in [2.05, 4.69) is 40.1 Å². The van der Waals surface area contributed by atoms with Crippen molar-refractivity contribution in [1.29, 1.82) is 5.26 Å². The molecule has 1 N–H and O–H groups in total. The fraction of sp³-hybridized carbons (Fsp3) is 0.643. The van der Waals surface area contributed by atoms with Gasteiger partial charge in [0.15, 0.2) is 0 Å². The molecule has 0 saturated carbocycles. The molecule has 0 bridgehead atoms. The highest BCUT2D eigenvalue weighted by Gasteiger charge is 2.12. The minimum atomic E-state index is -0.0118. The van der Waals surface area contributed by atoms with Crippen LogP contribution in [0.15, 0.2) is 6.07 Å². The predicted octanol–water partition coefficient (Wildman–Crippen LogP) is 2.59. The Bertz CT molecular complexity index is 438. The molecule has 0 amide bonds. The highest BCUT2D eigenvalue weighted by molar-refractivity contribution is 5.49. The number of aryl methyl sites for hydroxylation is 1. The van der Waals surface area contributed by atoms with Crippen LogP contribution in [0.1, 0.15) is 33.0 Å². The van der Waals surface area contributed by atoms with Crippen LogP contribution in [0.4, 0.5) is 11.6 Å². The Morgan fingerprint density at radius 2 is 2.16 bits per heavy atom. The molecule has 1 heterocycles. The molecule has 5 heteroatoms. The van der Waals surface area contributed by atoms with E-state index in [1.165, 1.54) is 0 Å². The minimum absolute atomic E-state index is 0.0118. The zero-order valence-corrected chi connectivity index (χ0v) is 12.3. The molecule has 0 spiro atoms. The van der Waals surface area contributed by atoms with Crippen molar-refractivity contribution in [1.82, 2.24) is 9.97 Å². The highest BCUT2D eigenvalue weighted by Crippen LogP contribution is 2.17. The smallest absolute Gasteiger partial charge is 0.134 e. The minimum Gasteiger partial charge on any atom is -0.370 e. The number of anilines is 2. The number of nitriles is 1. The van der Waals surface area contributed by atoms with Gasteiger partial charge < -0.3 is 10.2 Å². The first kappa shape index (κ1) is 15.2. The standard InChI is InChI=1S/C14H23N5/c1-5-7-16-13-8-14(18-12(4)17-13)19(6-2)10-11(3)9-15/h8,11H,5-7,10H2,1-4H3,(H,16,17,18). The average Bonchev–Trinajstić information content (AvgIpc) is 2.41. The number of aromatic nitrogens is 2. The average molecular weight is 261 g/mol. The van der Waals surface area contributed by atoms with Gasteiger partial charge in [0.1, 0.15) is 17.5 Å². The van der Waals surface area contributed by atoms with E-state index >= 15 is 0 Å². The Balaban J connectivity index is 2.90. The zero-order valence-electron chi connectivity index (χ0n) is 12.3. The van der Waals surface area contributed by atoms with E-state index in [0.717, 1.165) is 37.0 Å². The van der Waals surface area contributed by atoms with Gasteiger partial charge in [-0.25, -0.2) is 9.97 Å².